The van der Waals surface area contributed by atoms with Gasteiger partial charge in [0.1, 0.15) is 23.9 Å². The number of aliphatic carboxylic acids is 1. The number of nitrogens with one attached hydrogen (secondary N) is 1. The predicted octanol–water partition coefficient (Wildman–Crippen LogP) is -0.429. The van der Waals surface area contributed by atoms with E-state index < -0.39 is 52.4 Å². The summed E-state index contributed by atoms with van der Waals surface area (Å²) < 4.78 is 4.02. The predicted molar refractivity (Wildman–Crippen MR) is 76.9 cm³/mol. The van der Waals surface area contributed by atoms with E-state index in [1.807, 2.05) is 0 Å². The van der Waals surface area contributed by atoms with Crippen molar-refractivity contribution in [1.29, 1.82) is 0 Å². The molecule has 2 rings (SSSR count). The number of hydrogen-bond acceptors (Lipinski definition) is 6. The number of carbonyl (C=O) groups is 4. The average Bonchev–Trinajstić information content (AvgIpc) is 2.65. The highest BCUT2D eigenvalue weighted by atomic mass is 32.2. The Bertz CT molecular complexity index is 535. The van der Waals surface area contributed by atoms with E-state index in [9.17, 15) is 24.3 Å². The van der Waals surface area contributed by atoms with E-state index in [0.717, 1.165) is 0 Å². The topological polar surface area (TPSA) is 113 Å². The van der Waals surface area contributed by atoms with E-state index in [1.54, 1.807) is 20.8 Å². The lowest BCUT2D eigenvalue weighted by molar-refractivity contribution is -0.161. The smallest absolute Gasteiger partial charge is 0.327 e. The largest absolute Gasteiger partial charge is 0.480 e. The second-order valence-corrected chi connectivity index (χ2v) is 7.40. The molecule has 9 heteroatoms. The van der Waals surface area contributed by atoms with E-state index in [0.29, 0.717) is 0 Å². The molecule has 0 radical (unpaired) electrons. The Hall–Kier alpha value is -1.77. The van der Waals surface area contributed by atoms with Gasteiger partial charge in [0.2, 0.25) is 11.8 Å². The van der Waals surface area contributed by atoms with E-state index >= 15 is 0 Å². The summed E-state index contributed by atoms with van der Waals surface area (Å²) >= 11 is 1.33. The van der Waals surface area contributed by atoms with E-state index in [-0.39, 0.29) is 6.61 Å². The minimum Gasteiger partial charge on any atom is -0.480 e. The fourth-order valence-corrected chi connectivity index (χ4v) is 4.34. The Morgan fingerprint density at radius 1 is 1.41 bits per heavy atom. The van der Waals surface area contributed by atoms with Crippen molar-refractivity contribution in [3.05, 3.63) is 0 Å². The standard InChI is InChI=1S/C13H18N2O6S/c1-4-21-7(17)5-6(16)14-8-10(18)15-9(12(19)20)13(2,3)22-11(8)15/h8-9,11H,4-5H2,1-3H3,(H,14,16)(H,19,20). The number of nitrogens with zero attached hydrogens (tertiary/aromatic N) is 1. The van der Waals surface area contributed by atoms with Gasteiger partial charge in [-0.25, -0.2) is 4.79 Å². The first kappa shape index (κ1) is 16.6. The zero-order valence-corrected chi connectivity index (χ0v) is 13.3. The summed E-state index contributed by atoms with van der Waals surface area (Å²) in [5, 5.41) is 11.3. The van der Waals surface area contributed by atoms with Crippen molar-refractivity contribution >= 4 is 35.5 Å². The maximum absolute atomic E-state index is 12.1. The molecule has 2 heterocycles. The third-order valence-corrected chi connectivity index (χ3v) is 5.17. The van der Waals surface area contributed by atoms with Crippen molar-refractivity contribution in [3.63, 3.8) is 0 Å². The molecule has 22 heavy (non-hydrogen) atoms. The molecule has 0 bridgehead atoms. The van der Waals surface area contributed by atoms with E-state index in [2.05, 4.69) is 10.1 Å². The van der Waals surface area contributed by atoms with Crippen molar-refractivity contribution in [2.45, 2.75) is 49.4 Å². The van der Waals surface area contributed by atoms with Crippen molar-refractivity contribution in [2.75, 3.05) is 6.61 Å². The van der Waals surface area contributed by atoms with Gasteiger partial charge in [0.05, 0.1) is 6.61 Å². The fraction of sp³-hybridized carbons (Fsp3) is 0.692. The van der Waals surface area contributed by atoms with Gasteiger partial charge in [-0.3, -0.25) is 14.4 Å². The average molecular weight is 330 g/mol. The lowest BCUT2D eigenvalue weighted by Crippen LogP contribution is -2.70. The van der Waals surface area contributed by atoms with Gasteiger partial charge in [-0.15, -0.1) is 11.8 Å². The van der Waals surface area contributed by atoms with Gasteiger partial charge in [0, 0.05) is 4.75 Å². The van der Waals surface area contributed by atoms with Crippen molar-refractivity contribution in [1.82, 2.24) is 10.2 Å². The summed E-state index contributed by atoms with van der Waals surface area (Å²) in [6, 6.07) is -1.72. The number of carboxylic acid groups (broad SMARTS) is 1. The number of carboxylic acids is 1. The molecule has 2 aliphatic heterocycles. The van der Waals surface area contributed by atoms with Crippen LogP contribution in [0.1, 0.15) is 27.2 Å². The van der Waals surface area contributed by atoms with Gasteiger partial charge < -0.3 is 20.1 Å². The summed E-state index contributed by atoms with van der Waals surface area (Å²) in [4.78, 5) is 47.7. The first-order chi connectivity index (χ1) is 10.2. The highest BCUT2D eigenvalue weighted by Gasteiger charge is 2.64. The van der Waals surface area contributed by atoms with Gasteiger partial charge >= 0.3 is 11.9 Å². The quantitative estimate of drug-likeness (QED) is 0.399. The van der Waals surface area contributed by atoms with Crippen LogP contribution in [0.2, 0.25) is 0 Å². The Kier molecular flexibility index (Phi) is 4.37. The van der Waals surface area contributed by atoms with Crippen LogP contribution in [0.4, 0.5) is 0 Å². The molecule has 0 aromatic heterocycles. The number of rotatable bonds is 5. The van der Waals surface area contributed by atoms with Crippen molar-refractivity contribution in [2.24, 2.45) is 0 Å². The Balaban J connectivity index is 2.00. The van der Waals surface area contributed by atoms with Crippen LogP contribution in [0.15, 0.2) is 0 Å². The number of β-lactam (4-membered cyclic amide) rings is 1. The lowest BCUT2D eigenvalue weighted by Gasteiger charge is -2.43. The number of ether oxygens (including phenoxy) is 1. The second kappa shape index (κ2) is 5.79. The molecule has 0 aromatic rings. The molecule has 0 aliphatic carbocycles. The number of hydrogen-bond donors (Lipinski definition) is 2. The molecule has 122 valence electrons. The van der Waals surface area contributed by atoms with E-state index in [4.69, 9.17) is 0 Å². The number of amides is 2. The molecular weight excluding hydrogens is 312 g/mol. The number of fused-ring (bicyclic) bond motifs is 1. The monoisotopic (exact) mass is 330 g/mol. The molecule has 2 amide bonds. The molecular formula is C13H18N2O6S. The molecule has 2 N–H and O–H groups in total. The summed E-state index contributed by atoms with van der Waals surface area (Å²) in [7, 11) is 0. The van der Waals surface area contributed by atoms with Crippen LogP contribution in [0.25, 0.3) is 0 Å². The van der Waals surface area contributed by atoms with Crippen LogP contribution in [-0.4, -0.2) is 62.6 Å². The lowest BCUT2D eigenvalue weighted by atomic mass is 9.96. The van der Waals surface area contributed by atoms with Crippen LogP contribution >= 0.6 is 11.8 Å². The Morgan fingerprint density at radius 3 is 2.59 bits per heavy atom. The molecule has 2 fully saturated rings. The highest BCUT2D eigenvalue weighted by molar-refractivity contribution is 8.01. The molecule has 2 saturated heterocycles. The maximum Gasteiger partial charge on any atom is 0.327 e. The Morgan fingerprint density at radius 2 is 2.05 bits per heavy atom. The van der Waals surface area contributed by atoms with Crippen LogP contribution < -0.4 is 5.32 Å². The van der Waals surface area contributed by atoms with Gasteiger partial charge in [-0.2, -0.15) is 0 Å². The number of carbonyl (C=O) groups excluding carboxylic acids is 3. The van der Waals surface area contributed by atoms with Gasteiger partial charge in [0.15, 0.2) is 0 Å². The van der Waals surface area contributed by atoms with Gasteiger partial charge in [-0.1, -0.05) is 0 Å². The highest BCUT2D eigenvalue weighted by Crippen LogP contribution is 2.50. The number of esters is 1. The summed E-state index contributed by atoms with van der Waals surface area (Å²) in [5.41, 5.74) is 0. The molecule has 0 saturated carbocycles. The third kappa shape index (κ3) is 2.77. The Labute approximate surface area is 131 Å². The van der Waals surface area contributed by atoms with Crippen LogP contribution in [-0.2, 0) is 23.9 Å². The molecule has 0 spiro atoms. The summed E-state index contributed by atoms with van der Waals surface area (Å²) in [5.74, 6) is -2.77. The molecule has 2 aliphatic rings. The molecule has 3 unspecified atom stereocenters. The van der Waals surface area contributed by atoms with Crippen LogP contribution in [0.5, 0.6) is 0 Å². The first-order valence-electron chi connectivity index (χ1n) is 6.86. The molecule has 0 aromatic carbocycles. The maximum atomic E-state index is 12.1. The molecule has 8 nitrogen and oxygen atoms in total. The first-order valence-corrected chi connectivity index (χ1v) is 7.74. The third-order valence-electron chi connectivity index (χ3n) is 3.60. The van der Waals surface area contributed by atoms with Crippen molar-refractivity contribution in [3.8, 4) is 0 Å². The summed E-state index contributed by atoms with van der Waals surface area (Å²) in [6.07, 6.45) is -0.458. The van der Waals surface area contributed by atoms with Gasteiger partial charge in [0.25, 0.3) is 0 Å². The summed E-state index contributed by atoms with van der Waals surface area (Å²) in [6.45, 7) is 5.31. The SMILES string of the molecule is CCOC(=O)CC(=O)NC1C(=O)N2C1SC(C)(C)C2C(=O)O. The van der Waals surface area contributed by atoms with Crippen LogP contribution in [0, 0.1) is 0 Å². The zero-order valence-electron chi connectivity index (χ0n) is 12.5. The normalized spacial score (nSPS) is 28.6. The van der Waals surface area contributed by atoms with E-state index in [1.165, 1.54) is 16.7 Å². The second-order valence-electron chi connectivity index (χ2n) is 5.63. The number of thioether (sulfide) groups is 1. The minimum atomic E-state index is -1.07. The van der Waals surface area contributed by atoms with Crippen molar-refractivity contribution < 1.29 is 29.0 Å². The zero-order chi connectivity index (χ0) is 16.7. The minimum absolute atomic E-state index is 0.176. The van der Waals surface area contributed by atoms with Gasteiger partial charge in [-0.05, 0) is 20.8 Å². The van der Waals surface area contributed by atoms with Crippen LogP contribution in [0.3, 0.4) is 0 Å². The molecule has 3 atom stereocenters. The fourth-order valence-electron chi connectivity index (χ4n) is 2.71.